The Balaban J connectivity index is 1.35. The Morgan fingerprint density at radius 1 is 1.05 bits per heavy atom. The van der Waals surface area contributed by atoms with Gasteiger partial charge in [0.2, 0.25) is 0 Å². The quantitative estimate of drug-likeness (QED) is 0.202. The van der Waals surface area contributed by atoms with Crippen LogP contribution in [0.4, 0.5) is 11.4 Å². The smallest absolute Gasteiger partial charge is 0.279 e. The number of hydroxylamine groups is 1. The minimum Gasteiger partial charge on any atom is -0.494 e. The second-order valence-corrected chi connectivity index (χ2v) is 9.38. The highest BCUT2D eigenvalue weighted by molar-refractivity contribution is 6.09. The number of rotatable bonds is 11. The second-order valence-electron chi connectivity index (χ2n) is 9.38. The first-order chi connectivity index (χ1) is 19.7. The lowest BCUT2D eigenvalue weighted by Crippen LogP contribution is -2.33. The first-order valence-corrected chi connectivity index (χ1v) is 13.3. The van der Waals surface area contributed by atoms with Crippen LogP contribution in [0.15, 0.2) is 67.0 Å². The SMILES string of the molecule is COc1c(-c2ccc(CNc3ccc(NCCO)cc3)cc2)nc2ccncc2c1C(=O)NOC1CCCCO1. The molecule has 2 aromatic heterocycles. The predicted molar refractivity (Wildman–Crippen MR) is 153 cm³/mol. The van der Waals surface area contributed by atoms with Gasteiger partial charge in [-0.25, -0.2) is 15.3 Å². The molecule has 5 rings (SSSR count). The molecule has 0 aliphatic carbocycles. The zero-order valence-electron chi connectivity index (χ0n) is 22.4. The number of aliphatic hydroxyl groups excluding tert-OH is 1. The third kappa shape index (κ3) is 6.48. The largest absolute Gasteiger partial charge is 0.494 e. The van der Waals surface area contributed by atoms with E-state index in [2.05, 4.69) is 21.1 Å². The zero-order chi connectivity index (χ0) is 27.7. The lowest BCUT2D eigenvalue weighted by molar-refractivity contribution is -0.186. The van der Waals surface area contributed by atoms with Gasteiger partial charge in [-0.2, -0.15) is 0 Å². The number of amides is 1. The van der Waals surface area contributed by atoms with Crippen LogP contribution in [0.2, 0.25) is 0 Å². The molecule has 1 atom stereocenters. The van der Waals surface area contributed by atoms with E-state index >= 15 is 0 Å². The molecule has 10 heteroatoms. The molecule has 1 unspecified atom stereocenters. The Morgan fingerprint density at radius 3 is 2.52 bits per heavy atom. The summed E-state index contributed by atoms with van der Waals surface area (Å²) in [5.41, 5.74) is 7.84. The van der Waals surface area contributed by atoms with Crippen molar-refractivity contribution in [3.8, 4) is 17.0 Å². The normalized spacial score (nSPS) is 15.0. The fourth-order valence-electron chi connectivity index (χ4n) is 4.57. The number of ether oxygens (including phenoxy) is 2. The Hall–Kier alpha value is -4.25. The number of pyridine rings is 2. The van der Waals surface area contributed by atoms with Crippen LogP contribution in [0.3, 0.4) is 0 Å². The van der Waals surface area contributed by atoms with Crippen molar-refractivity contribution in [2.24, 2.45) is 0 Å². The van der Waals surface area contributed by atoms with Crippen molar-refractivity contribution >= 4 is 28.2 Å². The van der Waals surface area contributed by atoms with Crippen molar-refractivity contribution in [2.45, 2.75) is 32.1 Å². The summed E-state index contributed by atoms with van der Waals surface area (Å²) in [6.07, 6.45) is 5.45. The van der Waals surface area contributed by atoms with Crippen LogP contribution in [0.1, 0.15) is 35.2 Å². The monoisotopic (exact) mass is 543 g/mol. The molecule has 1 saturated heterocycles. The number of aliphatic hydroxyl groups is 1. The van der Waals surface area contributed by atoms with E-state index in [1.807, 2.05) is 48.5 Å². The number of anilines is 2. The molecule has 10 nitrogen and oxygen atoms in total. The average molecular weight is 544 g/mol. The van der Waals surface area contributed by atoms with E-state index in [1.165, 1.54) is 7.11 Å². The van der Waals surface area contributed by atoms with Crippen molar-refractivity contribution in [1.29, 1.82) is 0 Å². The van der Waals surface area contributed by atoms with E-state index in [1.54, 1.807) is 18.5 Å². The predicted octanol–water partition coefficient (Wildman–Crippen LogP) is 4.51. The van der Waals surface area contributed by atoms with E-state index in [9.17, 15) is 4.79 Å². The van der Waals surface area contributed by atoms with Crippen molar-refractivity contribution in [1.82, 2.24) is 15.4 Å². The van der Waals surface area contributed by atoms with Gasteiger partial charge in [-0.15, -0.1) is 0 Å². The molecule has 1 aliphatic rings. The maximum absolute atomic E-state index is 13.4. The number of methoxy groups -OCH3 is 1. The molecular weight excluding hydrogens is 510 g/mol. The van der Waals surface area contributed by atoms with Gasteiger partial charge >= 0.3 is 0 Å². The van der Waals surface area contributed by atoms with E-state index in [4.69, 9.17) is 24.4 Å². The summed E-state index contributed by atoms with van der Waals surface area (Å²) in [5.74, 6) is -0.113. The van der Waals surface area contributed by atoms with Crippen molar-refractivity contribution in [2.75, 3.05) is 37.5 Å². The maximum atomic E-state index is 13.4. The average Bonchev–Trinajstić information content (AvgIpc) is 3.02. The third-order valence-corrected chi connectivity index (χ3v) is 6.64. The molecule has 0 bridgehead atoms. The maximum Gasteiger partial charge on any atom is 0.279 e. The van der Waals surface area contributed by atoms with E-state index < -0.39 is 12.2 Å². The topological polar surface area (TPSA) is 127 Å². The van der Waals surface area contributed by atoms with Crippen molar-refractivity contribution < 1.29 is 24.2 Å². The van der Waals surface area contributed by atoms with Crippen LogP contribution < -0.4 is 20.9 Å². The molecule has 4 N–H and O–H groups in total. The molecule has 1 aliphatic heterocycles. The first-order valence-electron chi connectivity index (χ1n) is 13.3. The summed E-state index contributed by atoms with van der Waals surface area (Å²) in [6.45, 7) is 1.84. The minimum absolute atomic E-state index is 0.0899. The summed E-state index contributed by atoms with van der Waals surface area (Å²) in [5, 5.41) is 16.1. The summed E-state index contributed by atoms with van der Waals surface area (Å²) in [7, 11) is 1.52. The van der Waals surface area contributed by atoms with Crippen LogP contribution in [0.5, 0.6) is 5.75 Å². The molecule has 40 heavy (non-hydrogen) atoms. The van der Waals surface area contributed by atoms with Crippen LogP contribution >= 0.6 is 0 Å². The number of nitrogens with zero attached hydrogens (tertiary/aromatic N) is 2. The second kappa shape index (κ2) is 13.2. The zero-order valence-corrected chi connectivity index (χ0v) is 22.4. The molecule has 0 saturated carbocycles. The van der Waals surface area contributed by atoms with Crippen LogP contribution in [-0.2, 0) is 16.1 Å². The van der Waals surface area contributed by atoms with E-state index in [0.717, 1.165) is 41.8 Å². The summed E-state index contributed by atoms with van der Waals surface area (Å²) >= 11 is 0. The van der Waals surface area contributed by atoms with Crippen molar-refractivity contribution in [3.05, 3.63) is 78.1 Å². The van der Waals surface area contributed by atoms with Gasteiger partial charge in [0, 0.05) is 60.8 Å². The lowest BCUT2D eigenvalue weighted by Gasteiger charge is -2.22. The summed E-state index contributed by atoms with van der Waals surface area (Å²) in [4.78, 5) is 27.9. The molecule has 4 aromatic rings. The molecule has 0 radical (unpaired) electrons. The fraction of sp³-hybridized carbons (Fsp3) is 0.300. The van der Waals surface area contributed by atoms with Gasteiger partial charge in [0.25, 0.3) is 5.91 Å². The minimum atomic E-state index is -0.476. The Kier molecular flexibility index (Phi) is 9.02. The van der Waals surface area contributed by atoms with Crippen LogP contribution in [0.25, 0.3) is 22.2 Å². The molecule has 1 amide bonds. The van der Waals surface area contributed by atoms with Gasteiger partial charge in [-0.1, -0.05) is 24.3 Å². The Labute approximate surface area is 232 Å². The number of benzene rings is 2. The molecular formula is C30H33N5O5. The Bertz CT molecular complexity index is 1420. The number of fused-ring (bicyclic) bond motifs is 1. The summed E-state index contributed by atoms with van der Waals surface area (Å²) in [6, 6.07) is 17.6. The highest BCUT2D eigenvalue weighted by atomic mass is 16.8. The number of carbonyl (C=O) groups is 1. The lowest BCUT2D eigenvalue weighted by atomic mass is 10.0. The first kappa shape index (κ1) is 27.3. The number of carbonyl (C=O) groups excluding carboxylic acids is 1. The number of hydrogen-bond donors (Lipinski definition) is 4. The molecule has 208 valence electrons. The summed E-state index contributed by atoms with van der Waals surface area (Å²) < 4.78 is 11.3. The van der Waals surface area contributed by atoms with Gasteiger partial charge in [-0.3, -0.25) is 9.78 Å². The molecule has 0 spiro atoms. The molecule has 3 heterocycles. The van der Waals surface area contributed by atoms with E-state index in [-0.39, 0.29) is 6.61 Å². The number of hydrogen-bond acceptors (Lipinski definition) is 9. The number of aromatic nitrogens is 2. The third-order valence-electron chi connectivity index (χ3n) is 6.64. The van der Waals surface area contributed by atoms with E-state index in [0.29, 0.717) is 47.6 Å². The molecule has 2 aromatic carbocycles. The molecule has 1 fully saturated rings. The van der Waals surface area contributed by atoms with Crippen molar-refractivity contribution in [3.63, 3.8) is 0 Å². The highest BCUT2D eigenvalue weighted by Gasteiger charge is 2.24. The van der Waals surface area contributed by atoms with Gasteiger partial charge in [0.05, 0.1) is 24.8 Å². The Morgan fingerprint density at radius 2 is 1.82 bits per heavy atom. The van der Waals surface area contributed by atoms with Crippen LogP contribution in [-0.4, -0.2) is 54.1 Å². The van der Waals surface area contributed by atoms with Gasteiger partial charge < -0.3 is 25.2 Å². The fourth-order valence-corrected chi connectivity index (χ4v) is 4.57. The highest BCUT2D eigenvalue weighted by Crippen LogP contribution is 2.36. The standard InChI is InChI=1S/C30H33N5O5/c1-38-29-27(30(37)35-40-26-4-2-3-17-39-26)24-19-31-14-13-25(24)34-28(29)21-7-5-20(6-8-21)18-33-23-11-9-22(10-12-23)32-15-16-36/h5-14,19,26,32-33,36H,2-4,15-18H2,1H3,(H,35,37). The van der Waals surface area contributed by atoms with Gasteiger partial charge in [0.1, 0.15) is 5.69 Å². The van der Waals surface area contributed by atoms with Crippen LogP contribution in [0, 0.1) is 0 Å². The van der Waals surface area contributed by atoms with Gasteiger partial charge in [0.15, 0.2) is 12.0 Å². The van der Waals surface area contributed by atoms with Gasteiger partial charge in [-0.05, 0) is 48.7 Å². The number of nitrogens with one attached hydrogen (secondary N) is 3.